The van der Waals surface area contributed by atoms with Gasteiger partial charge in [-0.2, -0.15) is 0 Å². The molecule has 1 aromatic heterocycles. The molecule has 2 rings (SSSR count). The highest BCUT2D eigenvalue weighted by Gasteiger charge is 2.34. The van der Waals surface area contributed by atoms with Gasteiger partial charge in [0.05, 0.1) is 6.54 Å². The zero-order chi connectivity index (χ0) is 14.9. The van der Waals surface area contributed by atoms with Crippen LogP contribution < -0.4 is 10.2 Å². The summed E-state index contributed by atoms with van der Waals surface area (Å²) in [5, 5.41) is 3.03. The van der Waals surface area contributed by atoms with Crippen LogP contribution in [0.4, 0.5) is 10.6 Å². The number of anilines is 1. The van der Waals surface area contributed by atoms with Crippen LogP contribution in [0.15, 0.2) is 0 Å². The SMILES string of the molecule is CCc1c(C)nc(N2CC(CNC)OC2=O)c(C)c1C. The molecule has 0 bridgehead atoms. The van der Waals surface area contributed by atoms with Gasteiger partial charge in [-0.05, 0) is 50.9 Å². The summed E-state index contributed by atoms with van der Waals surface area (Å²) in [5.74, 6) is 0.737. The number of carbonyl (C=O) groups excluding carboxylic acids is 1. The second-order valence-electron chi connectivity index (χ2n) is 5.28. The molecule has 1 saturated heterocycles. The molecule has 1 aromatic rings. The number of aryl methyl sites for hydroxylation is 1. The third-order valence-corrected chi connectivity index (χ3v) is 3.98. The minimum Gasteiger partial charge on any atom is -0.443 e. The Morgan fingerprint density at radius 1 is 1.35 bits per heavy atom. The van der Waals surface area contributed by atoms with Crippen molar-refractivity contribution in [2.45, 2.75) is 40.2 Å². The topological polar surface area (TPSA) is 54.5 Å². The van der Waals surface area contributed by atoms with E-state index in [-0.39, 0.29) is 12.2 Å². The van der Waals surface area contributed by atoms with Crippen LogP contribution in [0, 0.1) is 20.8 Å². The largest absolute Gasteiger partial charge is 0.443 e. The molecule has 1 aliphatic heterocycles. The van der Waals surface area contributed by atoms with Crippen molar-refractivity contribution >= 4 is 11.9 Å². The summed E-state index contributed by atoms with van der Waals surface area (Å²) in [6.45, 7) is 9.46. The molecule has 0 spiro atoms. The minimum absolute atomic E-state index is 0.111. The Hall–Kier alpha value is -1.62. The predicted octanol–water partition coefficient (Wildman–Crippen LogP) is 2.11. The Kier molecular flexibility index (Phi) is 4.28. The zero-order valence-corrected chi connectivity index (χ0v) is 12.9. The minimum atomic E-state index is -0.302. The Morgan fingerprint density at radius 2 is 2.05 bits per heavy atom. The summed E-state index contributed by atoms with van der Waals surface area (Å²) in [6, 6.07) is 0. The highest BCUT2D eigenvalue weighted by molar-refractivity contribution is 5.89. The maximum absolute atomic E-state index is 12.0. The third-order valence-electron chi connectivity index (χ3n) is 3.98. The highest BCUT2D eigenvalue weighted by atomic mass is 16.6. The first kappa shape index (κ1) is 14.8. The van der Waals surface area contributed by atoms with E-state index in [1.807, 2.05) is 20.9 Å². The van der Waals surface area contributed by atoms with Crippen LogP contribution >= 0.6 is 0 Å². The van der Waals surface area contributed by atoms with E-state index in [2.05, 4.69) is 24.1 Å². The molecule has 0 radical (unpaired) electrons. The van der Waals surface area contributed by atoms with E-state index in [9.17, 15) is 4.79 Å². The number of ether oxygens (including phenoxy) is 1. The van der Waals surface area contributed by atoms with Crippen LogP contribution in [0.25, 0.3) is 0 Å². The second kappa shape index (κ2) is 5.79. The molecule has 20 heavy (non-hydrogen) atoms. The number of nitrogens with zero attached hydrogens (tertiary/aromatic N) is 2. The molecule has 5 nitrogen and oxygen atoms in total. The van der Waals surface area contributed by atoms with Gasteiger partial charge in [-0.25, -0.2) is 9.78 Å². The summed E-state index contributed by atoms with van der Waals surface area (Å²) in [7, 11) is 1.85. The van der Waals surface area contributed by atoms with Gasteiger partial charge in [0.25, 0.3) is 0 Å². The summed E-state index contributed by atoms with van der Waals surface area (Å²) >= 11 is 0. The predicted molar refractivity (Wildman–Crippen MR) is 79.4 cm³/mol. The van der Waals surface area contributed by atoms with E-state index in [0.717, 1.165) is 23.5 Å². The molecule has 110 valence electrons. The molecule has 1 N–H and O–H groups in total. The van der Waals surface area contributed by atoms with Crippen LogP contribution in [0.5, 0.6) is 0 Å². The Balaban J connectivity index is 2.36. The Bertz CT molecular complexity index is 528. The van der Waals surface area contributed by atoms with E-state index in [4.69, 9.17) is 4.74 Å². The van der Waals surface area contributed by atoms with Crippen molar-refractivity contribution < 1.29 is 9.53 Å². The summed E-state index contributed by atoms with van der Waals surface area (Å²) in [6.07, 6.45) is 0.544. The number of hydrogen-bond acceptors (Lipinski definition) is 4. The number of rotatable bonds is 4. The highest BCUT2D eigenvalue weighted by Crippen LogP contribution is 2.28. The number of hydrogen-bond donors (Lipinski definition) is 1. The van der Waals surface area contributed by atoms with Gasteiger partial charge in [0.15, 0.2) is 0 Å². The number of pyridine rings is 1. The fraction of sp³-hybridized carbons (Fsp3) is 0.600. The van der Waals surface area contributed by atoms with Gasteiger partial charge >= 0.3 is 6.09 Å². The van der Waals surface area contributed by atoms with Gasteiger partial charge in [0.1, 0.15) is 11.9 Å². The second-order valence-corrected chi connectivity index (χ2v) is 5.28. The monoisotopic (exact) mass is 277 g/mol. The van der Waals surface area contributed by atoms with Gasteiger partial charge in [0.2, 0.25) is 0 Å². The number of cyclic esters (lactones) is 1. The van der Waals surface area contributed by atoms with E-state index in [1.165, 1.54) is 11.1 Å². The third kappa shape index (κ3) is 2.50. The molecular weight excluding hydrogens is 254 g/mol. The maximum Gasteiger partial charge on any atom is 0.416 e. The fourth-order valence-electron chi connectivity index (χ4n) is 2.79. The number of amides is 1. The van der Waals surface area contributed by atoms with E-state index < -0.39 is 0 Å². The zero-order valence-electron chi connectivity index (χ0n) is 12.9. The van der Waals surface area contributed by atoms with Gasteiger partial charge in [-0.3, -0.25) is 4.90 Å². The van der Waals surface area contributed by atoms with Gasteiger partial charge < -0.3 is 10.1 Å². The first-order valence-corrected chi connectivity index (χ1v) is 7.09. The maximum atomic E-state index is 12.0. The quantitative estimate of drug-likeness (QED) is 0.916. The lowest BCUT2D eigenvalue weighted by molar-refractivity contribution is 0.141. The molecule has 0 aliphatic carbocycles. The van der Waals surface area contributed by atoms with Gasteiger partial charge in [0, 0.05) is 12.2 Å². The molecule has 1 aliphatic rings. The van der Waals surface area contributed by atoms with Crippen molar-refractivity contribution in [3.8, 4) is 0 Å². The van der Waals surface area contributed by atoms with Crippen LogP contribution in [-0.2, 0) is 11.2 Å². The Morgan fingerprint density at radius 3 is 2.65 bits per heavy atom. The Labute approximate surface area is 120 Å². The van der Waals surface area contributed by atoms with Crippen molar-refractivity contribution in [3.63, 3.8) is 0 Å². The van der Waals surface area contributed by atoms with Crippen molar-refractivity contribution in [1.82, 2.24) is 10.3 Å². The average Bonchev–Trinajstić information content (AvgIpc) is 2.76. The van der Waals surface area contributed by atoms with Crippen LogP contribution in [0.3, 0.4) is 0 Å². The van der Waals surface area contributed by atoms with Crippen LogP contribution in [-0.4, -0.2) is 37.3 Å². The lowest BCUT2D eigenvalue weighted by Crippen LogP contribution is -2.30. The summed E-state index contributed by atoms with van der Waals surface area (Å²) in [4.78, 5) is 18.3. The lowest BCUT2D eigenvalue weighted by Gasteiger charge is -2.19. The molecule has 0 saturated carbocycles. The molecule has 1 atom stereocenters. The van der Waals surface area contributed by atoms with E-state index in [0.29, 0.717) is 13.1 Å². The summed E-state index contributed by atoms with van der Waals surface area (Å²) < 4.78 is 5.34. The normalized spacial score (nSPS) is 18.6. The molecule has 2 heterocycles. The molecule has 1 unspecified atom stereocenters. The van der Waals surface area contributed by atoms with E-state index in [1.54, 1.807) is 4.90 Å². The van der Waals surface area contributed by atoms with Crippen LogP contribution in [0.2, 0.25) is 0 Å². The van der Waals surface area contributed by atoms with Crippen molar-refractivity contribution in [2.75, 3.05) is 25.0 Å². The number of aromatic nitrogens is 1. The van der Waals surface area contributed by atoms with Crippen molar-refractivity contribution in [3.05, 3.63) is 22.4 Å². The van der Waals surface area contributed by atoms with Gasteiger partial charge in [-0.15, -0.1) is 0 Å². The smallest absolute Gasteiger partial charge is 0.416 e. The molecule has 5 heteroatoms. The van der Waals surface area contributed by atoms with Crippen molar-refractivity contribution in [1.29, 1.82) is 0 Å². The standard InChI is InChI=1S/C15H23N3O2/c1-6-13-9(2)10(3)14(17-11(13)4)18-8-12(7-16-5)20-15(18)19/h12,16H,6-8H2,1-5H3. The average molecular weight is 277 g/mol. The molecular formula is C15H23N3O2. The first-order chi connectivity index (χ1) is 9.49. The number of likely N-dealkylation sites (N-methyl/N-ethyl adjacent to an activating group) is 1. The van der Waals surface area contributed by atoms with Crippen molar-refractivity contribution in [2.24, 2.45) is 0 Å². The van der Waals surface area contributed by atoms with Gasteiger partial charge in [-0.1, -0.05) is 6.92 Å². The molecule has 1 amide bonds. The molecule has 0 aromatic carbocycles. The fourth-order valence-corrected chi connectivity index (χ4v) is 2.79. The summed E-state index contributed by atoms with van der Waals surface area (Å²) in [5.41, 5.74) is 4.55. The molecule has 1 fully saturated rings. The van der Waals surface area contributed by atoms with E-state index >= 15 is 0 Å². The lowest BCUT2D eigenvalue weighted by atomic mass is 10.0. The number of nitrogens with one attached hydrogen (secondary N) is 1. The first-order valence-electron chi connectivity index (χ1n) is 7.09. The van der Waals surface area contributed by atoms with Crippen LogP contribution in [0.1, 0.15) is 29.3 Å². The number of carbonyl (C=O) groups is 1.